The molecule has 0 aliphatic rings. The standard InChI is InChI=1S/C11H12FNO/c1-6-3-4-9(12)11-10(6)8(5-14)7(2)13-11/h3-4,13-14H,5H2,1-2H3. The summed E-state index contributed by atoms with van der Waals surface area (Å²) in [5.74, 6) is -0.270. The van der Waals surface area contributed by atoms with Crippen LogP contribution < -0.4 is 0 Å². The van der Waals surface area contributed by atoms with Crippen molar-refractivity contribution >= 4 is 10.9 Å². The molecule has 0 aliphatic carbocycles. The molecule has 14 heavy (non-hydrogen) atoms. The van der Waals surface area contributed by atoms with Gasteiger partial charge in [-0.25, -0.2) is 4.39 Å². The highest BCUT2D eigenvalue weighted by Crippen LogP contribution is 2.27. The van der Waals surface area contributed by atoms with Crippen molar-refractivity contribution in [1.82, 2.24) is 4.98 Å². The van der Waals surface area contributed by atoms with Crippen LogP contribution in [0.15, 0.2) is 12.1 Å². The number of aromatic amines is 1. The highest BCUT2D eigenvalue weighted by molar-refractivity contribution is 5.88. The molecule has 1 heterocycles. The summed E-state index contributed by atoms with van der Waals surface area (Å²) in [7, 11) is 0. The topological polar surface area (TPSA) is 36.0 Å². The third kappa shape index (κ3) is 1.13. The molecule has 74 valence electrons. The first kappa shape index (κ1) is 9.21. The van der Waals surface area contributed by atoms with Gasteiger partial charge in [-0.1, -0.05) is 6.07 Å². The van der Waals surface area contributed by atoms with Gasteiger partial charge in [0.25, 0.3) is 0 Å². The number of hydrogen-bond donors (Lipinski definition) is 2. The first-order valence-corrected chi connectivity index (χ1v) is 4.52. The maximum atomic E-state index is 13.4. The third-order valence-electron chi connectivity index (χ3n) is 2.59. The van der Waals surface area contributed by atoms with E-state index < -0.39 is 0 Å². The van der Waals surface area contributed by atoms with Gasteiger partial charge in [-0.05, 0) is 25.5 Å². The van der Waals surface area contributed by atoms with E-state index in [0.717, 1.165) is 22.2 Å². The first-order chi connectivity index (χ1) is 6.65. The van der Waals surface area contributed by atoms with Crippen LogP contribution in [0.1, 0.15) is 16.8 Å². The summed E-state index contributed by atoms with van der Waals surface area (Å²) < 4.78 is 13.4. The van der Waals surface area contributed by atoms with E-state index >= 15 is 0 Å². The van der Waals surface area contributed by atoms with Crippen LogP contribution in [-0.4, -0.2) is 10.1 Å². The summed E-state index contributed by atoms with van der Waals surface area (Å²) in [5.41, 5.74) is 3.09. The molecule has 0 radical (unpaired) electrons. The van der Waals surface area contributed by atoms with Crippen molar-refractivity contribution in [2.24, 2.45) is 0 Å². The quantitative estimate of drug-likeness (QED) is 0.716. The van der Waals surface area contributed by atoms with Gasteiger partial charge in [0.2, 0.25) is 0 Å². The fourth-order valence-corrected chi connectivity index (χ4v) is 1.84. The number of nitrogens with one attached hydrogen (secondary N) is 1. The lowest BCUT2D eigenvalue weighted by molar-refractivity contribution is 0.282. The van der Waals surface area contributed by atoms with Gasteiger partial charge in [-0.15, -0.1) is 0 Å². The second-order valence-corrected chi connectivity index (χ2v) is 3.50. The predicted molar refractivity (Wildman–Crippen MR) is 53.7 cm³/mol. The number of fused-ring (bicyclic) bond motifs is 1. The molecule has 0 bridgehead atoms. The van der Waals surface area contributed by atoms with Crippen LogP contribution in [0.5, 0.6) is 0 Å². The second-order valence-electron chi connectivity index (χ2n) is 3.50. The largest absolute Gasteiger partial charge is 0.392 e. The summed E-state index contributed by atoms with van der Waals surface area (Å²) in [6, 6.07) is 3.17. The number of aromatic nitrogens is 1. The molecular formula is C11H12FNO. The van der Waals surface area contributed by atoms with Crippen LogP contribution >= 0.6 is 0 Å². The molecule has 2 N–H and O–H groups in total. The van der Waals surface area contributed by atoms with E-state index in [4.69, 9.17) is 0 Å². The predicted octanol–water partition coefficient (Wildman–Crippen LogP) is 2.42. The molecule has 0 aliphatic heterocycles. The number of aliphatic hydroxyl groups excluding tert-OH is 1. The zero-order valence-corrected chi connectivity index (χ0v) is 8.19. The highest BCUT2D eigenvalue weighted by Gasteiger charge is 2.12. The molecule has 1 aromatic carbocycles. The Balaban J connectivity index is 2.93. The van der Waals surface area contributed by atoms with Gasteiger partial charge in [-0.3, -0.25) is 0 Å². The number of H-pyrrole nitrogens is 1. The Morgan fingerprint density at radius 2 is 2.07 bits per heavy atom. The molecule has 0 saturated heterocycles. The summed E-state index contributed by atoms with van der Waals surface area (Å²) in [4.78, 5) is 2.95. The van der Waals surface area contributed by atoms with Crippen molar-refractivity contribution in [2.75, 3.05) is 0 Å². The van der Waals surface area contributed by atoms with Gasteiger partial charge in [0.1, 0.15) is 5.82 Å². The number of rotatable bonds is 1. The van der Waals surface area contributed by atoms with Crippen LogP contribution in [0.2, 0.25) is 0 Å². The summed E-state index contributed by atoms with van der Waals surface area (Å²) >= 11 is 0. The van der Waals surface area contributed by atoms with E-state index in [1.807, 2.05) is 13.8 Å². The molecule has 0 saturated carbocycles. The monoisotopic (exact) mass is 193 g/mol. The Hall–Kier alpha value is -1.35. The maximum Gasteiger partial charge on any atom is 0.147 e. The van der Waals surface area contributed by atoms with Gasteiger partial charge in [-0.2, -0.15) is 0 Å². The van der Waals surface area contributed by atoms with E-state index in [-0.39, 0.29) is 12.4 Å². The second kappa shape index (κ2) is 3.10. The Kier molecular flexibility index (Phi) is 2.04. The summed E-state index contributed by atoms with van der Waals surface area (Å²) in [6.45, 7) is 3.69. The van der Waals surface area contributed by atoms with Gasteiger partial charge in [0, 0.05) is 16.6 Å². The van der Waals surface area contributed by atoms with E-state index in [9.17, 15) is 9.50 Å². The van der Waals surface area contributed by atoms with E-state index in [1.165, 1.54) is 6.07 Å². The minimum Gasteiger partial charge on any atom is -0.392 e. The SMILES string of the molecule is Cc1[nH]c2c(F)ccc(C)c2c1CO. The minimum absolute atomic E-state index is 0.0594. The molecule has 0 atom stereocenters. The molecule has 0 spiro atoms. The van der Waals surface area contributed by atoms with E-state index in [2.05, 4.69) is 4.98 Å². The average Bonchev–Trinajstić information content (AvgIpc) is 2.50. The molecule has 2 aromatic rings. The number of aryl methyl sites for hydroxylation is 2. The Morgan fingerprint density at radius 3 is 2.71 bits per heavy atom. The molecule has 1 aromatic heterocycles. The smallest absolute Gasteiger partial charge is 0.147 e. The van der Waals surface area contributed by atoms with Crippen molar-refractivity contribution in [3.8, 4) is 0 Å². The summed E-state index contributed by atoms with van der Waals surface area (Å²) in [5, 5.41) is 9.99. The molecular weight excluding hydrogens is 181 g/mol. The minimum atomic E-state index is -0.270. The fraction of sp³-hybridized carbons (Fsp3) is 0.273. The Labute approximate surface area is 81.4 Å². The highest BCUT2D eigenvalue weighted by atomic mass is 19.1. The van der Waals surface area contributed by atoms with Crippen molar-refractivity contribution in [3.63, 3.8) is 0 Å². The zero-order chi connectivity index (χ0) is 10.3. The lowest BCUT2D eigenvalue weighted by Gasteiger charge is -1.99. The van der Waals surface area contributed by atoms with Gasteiger partial charge in [0.05, 0.1) is 12.1 Å². The van der Waals surface area contributed by atoms with Crippen LogP contribution in [0, 0.1) is 19.7 Å². The number of benzene rings is 1. The van der Waals surface area contributed by atoms with E-state index in [0.29, 0.717) is 5.52 Å². The normalized spacial score (nSPS) is 11.1. The third-order valence-corrected chi connectivity index (χ3v) is 2.59. The molecule has 2 nitrogen and oxygen atoms in total. The van der Waals surface area contributed by atoms with Gasteiger partial charge >= 0.3 is 0 Å². The van der Waals surface area contributed by atoms with Crippen molar-refractivity contribution < 1.29 is 9.50 Å². The van der Waals surface area contributed by atoms with Gasteiger partial charge in [0.15, 0.2) is 0 Å². The molecule has 0 amide bonds. The Bertz CT molecular complexity index is 487. The molecule has 0 fully saturated rings. The Morgan fingerprint density at radius 1 is 1.36 bits per heavy atom. The first-order valence-electron chi connectivity index (χ1n) is 4.52. The van der Waals surface area contributed by atoms with Crippen LogP contribution in [0.25, 0.3) is 10.9 Å². The van der Waals surface area contributed by atoms with E-state index in [1.54, 1.807) is 6.07 Å². The van der Waals surface area contributed by atoms with Crippen LogP contribution in [0.4, 0.5) is 4.39 Å². The molecule has 0 unspecified atom stereocenters. The number of hydrogen-bond acceptors (Lipinski definition) is 1. The zero-order valence-electron chi connectivity index (χ0n) is 8.19. The maximum absolute atomic E-state index is 13.4. The number of halogens is 1. The van der Waals surface area contributed by atoms with Crippen molar-refractivity contribution in [1.29, 1.82) is 0 Å². The average molecular weight is 193 g/mol. The number of aliphatic hydroxyl groups is 1. The van der Waals surface area contributed by atoms with Crippen LogP contribution in [0.3, 0.4) is 0 Å². The molecule has 2 rings (SSSR count). The van der Waals surface area contributed by atoms with Crippen molar-refractivity contribution in [3.05, 3.63) is 34.8 Å². The lowest BCUT2D eigenvalue weighted by atomic mass is 10.1. The fourth-order valence-electron chi connectivity index (χ4n) is 1.84. The van der Waals surface area contributed by atoms with Crippen molar-refractivity contribution in [2.45, 2.75) is 20.5 Å². The lowest BCUT2D eigenvalue weighted by Crippen LogP contribution is -1.86. The van der Waals surface area contributed by atoms with Gasteiger partial charge < -0.3 is 10.1 Å². The molecule has 3 heteroatoms. The summed E-state index contributed by atoms with van der Waals surface area (Å²) in [6.07, 6.45) is 0. The van der Waals surface area contributed by atoms with Crippen LogP contribution in [-0.2, 0) is 6.61 Å².